The predicted molar refractivity (Wildman–Crippen MR) is 98.2 cm³/mol. The van der Waals surface area contributed by atoms with Gasteiger partial charge in [0.2, 0.25) is 0 Å². The van der Waals surface area contributed by atoms with Crippen LogP contribution >= 0.6 is 0 Å². The lowest BCUT2D eigenvalue weighted by Crippen LogP contribution is -2.34. The highest BCUT2D eigenvalue weighted by Gasteiger charge is 2.31. The van der Waals surface area contributed by atoms with Gasteiger partial charge in [-0.25, -0.2) is 9.67 Å². The highest BCUT2D eigenvalue weighted by atomic mass is 16.5. The normalized spacial score (nSPS) is 16.2. The lowest BCUT2D eigenvalue weighted by molar-refractivity contribution is -0.142. The Labute approximate surface area is 152 Å². The molecule has 132 valence electrons. The monoisotopic (exact) mass is 348 g/mol. The first-order chi connectivity index (χ1) is 12.8. The van der Waals surface area contributed by atoms with Gasteiger partial charge < -0.3 is 9.64 Å². The van der Waals surface area contributed by atoms with Crippen molar-refractivity contribution in [3.05, 3.63) is 72.3 Å². The highest BCUT2D eigenvalue weighted by molar-refractivity contribution is 5.81. The summed E-state index contributed by atoms with van der Waals surface area (Å²) in [7, 11) is 1.44. The highest BCUT2D eigenvalue weighted by Crippen LogP contribution is 2.36. The Kier molecular flexibility index (Phi) is 4.39. The third-order valence-electron chi connectivity index (χ3n) is 4.78. The summed E-state index contributed by atoms with van der Waals surface area (Å²) in [4.78, 5) is 18.8. The number of ether oxygens (including phenoxy) is 1. The van der Waals surface area contributed by atoms with Gasteiger partial charge in [0.15, 0.2) is 5.82 Å². The zero-order chi connectivity index (χ0) is 17.9. The number of esters is 1. The summed E-state index contributed by atoms with van der Waals surface area (Å²) < 4.78 is 6.84. The van der Waals surface area contributed by atoms with Crippen LogP contribution in [0.3, 0.4) is 0 Å². The van der Waals surface area contributed by atoms with Crippen molar-refractivity contribution in [3.63, 3.8) is 0 Å². The second-order valence-electron chi connectivity index (χ2n) is 6.27. The average Bonchev–Trinajstić information content (AvgIpc) is 3.16. The van der Waals surface area contributed by atoms with Crippen LogP contribution in [0.15, 0.2) is 60.9 Å². The molecule has 3 aromatic rings. The van der Waals surface area contributed by atoms with E-state index >= 15 is 0 Å². The molecule has 0 spiro atoms. The fourth-order valence-corrected chi connectivity index (χ4v) is 3.51. The number of rotatable bonds is 4. The molecule has 1 aliphatic heterocycles. The van der Waals surface area contributed by atoms with Crippen LogP contribution in [0.25, 0.3) is 5.69 Å². The van der Waals surface area contributed by atoms with Crippen LogP contribution < -0.4 is 4.90 Å². The van der Waals surface area contributed by atoms with Crippen molar-refractivity contribution in [1.29, 1.82) is 0 Å². The fourth-order valence-electron chi connectivity index (χ4n) is 3.51. The Morgan fingerprint density at radius 3 is 2.73 bits per heavy atom. The van der Waals surface area contributed by atoms with Gasteiger partial charge >= 0.3 is 5.97 Å². The number of aromatic nitrogens is 3. The molecule has 0 bridgehead atoms. The Morgan fingerprint density at radius 2 is 1.92 bits per heavy atom. The van der Waals surface area contributed by atoms with E-state index in [0.717, 1.165) is 35.7 Å². The van der Waals surface area contributed by atoms with E-state index in [9.17, 15) is 4.79 Å². The summed E-state index contributed by atoms with van der Waals surface area (Å²) in [5.41, 5.74) is 3.05. The van der Waals surface area contributed by atoms with Gasteiger partial charge in [0.25, 0.3) is 0 Å². The molecule has 0 radical (unpaired) electrons. The Balaban J connectivity index is 1.64. The number of hydrogen-bond donors (Lipinski definition) is 0. The van der Waals surface area contributed by atoms with E-state index < -0.39 is 0 Å². The van der Waals surface area contributed by atoms with E-state index in [4.69, 9.17) is 4.74 Å². The molecule has 2 aromatic carbocycles. The number of nitrogens with zero attached hydrogens (tertiary/aromatic N) is 4. The van der Waals surface area contributed by atoms with E-state index in [0.29, 0.717) is 6.54 Å². The lowest BCUT2D eigenvalue weighted by Gasteiger charge is -2.34. The van der Waals surface area contributed by atoms with Crippen molar-refractivity contribution in [3.8, 4) is 5.69 Å². The first-order valence-electron chi connectivity index (χ1n) is 8.64. The molecule has 4 rings (SSSR count). The van der Waals surface area contributed by atoms with Gasteiger partial charge in [0.05, 0.1) is 25.3 Å². The summed E-state index contributed by atoms with van der Waals surface area (Å²) in [6.07, 6.45) is 2.30. The van der Waals surface area contributed by atoms with Crippen molar-refractivity contribution in [2.24, 2.45) is 0 Å². The minimum Gasteiger partial charge on any atom is -0.469 e. The van der Waals surface area contributed by atoms with Gasteiger partial charge in [-0.3, -0.25) is 4.79 Å². The van der Waals surface area contributed by atoms with Gasteiger partial charge in [-0.2, -0.15) is 5.10 Å². The van der Waals surface area contributed by atoms with E-state index in [-0.39, 0.29) is 11.9 Å². The number of benzene rings is 2. The molecular weight excluding hydrogens is 328 g/mol. The molecule has 0 unspecified atom stereocenters. The number of para-hydroxylation sites is 2. The first-order valence-corrected chi connectivity index (χ1v) is 8.64. The largest absolute Gasteiger partial charge is 0.469 e. The number of methoxy groups -OCH3 is 1. The van der Waals surface area contributed by atoms with E-state index in [1.807, 2.05) is 59.3 Å². The van der Waals surface area contributed by atoms with Crippen molar-refractivity contribution in [2.45, 2.75) is 18.9 Å². The number of fused-ring (bicyclic) bond motifs is 1. The number of hydrogen-bond acceptors (Lipinski definition) is 5. The maximum absolute atomic E-state index is 12.1. The zero-order valence-corrected chi connectivity index (χ0v) is 14.6. The van der Waals surface area contributed by atoms with E-state index in [1.165, 1.54) is 7.11 Å². The van der Waals surface area contributed by atoms with Gasteiger partial charge in [-0.15, -0.1) is 0 Å². The van der Waals surface area contributed by atoms with Crippen molar-refractivity contribution in [1.82, 2.24) is 14.8 Å². The van der Waals surface area contributed by atoms with Crippen molar-refractivity contribution < 1.29 is 9.53 Å². The van der Waals surface area contributed by atoms with Gasteiger partial charge in [-0.05, 0) is 30.2 Å². The fraction of sp³-hybridized carbons (Fsp3) is 0.250. The standard InChI is InChI=1S/C20H20N4O2/c1-26-20(25)17-11-12-23(18-10-6-5-9-16(17)18)13-19-21-14-22-24(19)15-7-3-2-4-8-15/h2-10,14,17H,11-13H2,1H3/t17-/m1/s1. The van der Waals surface area contributed by atoms with Crippen molar-refractivity contribution in [2.75, 3.05) is 18.6 Å². The molecule has 1 aliphatic rings. The maximum Gasteiger partial charge on any atom is 0.313 e. The van der Waals surface area contributed by atoms with Crippen LogP contribution in [0.4, 0.5) is 5.69 Å². The van der Waals surface area contributed by atoms with Crippen LogP contribution in [0, 0.1) is 0 Å². The molecule has 6 heteroatoms. The van der Waals surface area contributed by atoms with Gasteiger partial charge in [-0.1, -0.05) is 36.4 Å². The predicted octanol–water partition coefficient (Wildman–Crippen LogP) is 2.93. The lowest BCUT2D eigenvalue weighted by atomic mass is 9.90. The molecule has 1 atom stereocenters. The third-order valence-corrected chi connectivity index (χ3v) is 4.78. The molecule has 0 fully saturated rings. The van der Waals surface area contributed by atoms with Crippen LogP contribution in [0.1, 0.15) is 23.7 Å². The van der Waals surface area contributed by atoms with Crippen LogP contribution in [0.5, 0.6) is 0 Å². The van der Waals surface area contributed by atoms with Crippen LogP contribution in [0.2, 0.25) is 0 Å². The van der Waals surface area contributed by atoms with Crippen LogP contribution in [-0.2, 0) is 16.1 Å². The summed E-state index contributed by atoms with van der Waals surface area (Å²) in [5, 5.41) is 4.37. The average molecular weight is 348 g/mol. The van der Waals surface area contributed by atoms with Crippen LogP contribution in [-0.4, -0.2) is 34.4 Å². The zero-order valence-electron chi connectivity index (χ0n) is 14.6. The number of carbonyl (C=O) groups excluding carboxylic acids is 1. The Hall–Kier alpha value is -3.15. The third kappa shape index (κ3) is 2.94. The van der Waals surface area contributed by atoms with Gasteiger partial charge in [0, 0.05) is 12.2 Å². The molecule has 0 amide bonds. The number of carbonyl (C=O) groups is 1. The molecular formula is C20H20N4O2. The second kappa shape index (κ2) is 7.00. The van der Waals surface area contributed by atoms with E-state index in [2.05, 4.69) is 15.0 Å². The summed E-state index contributed by atoms with van der Waals surface area (Å²) >= 11 is 0. The molecule has 6 nitrogen and oxygen atoms in total. The van der Waals surface area contributed by atoms with Crippen molar-refractivity contribution >= 4 is 11.7 Å². The summed E-state index contributed by atoms with van der Waals surface area (Å²) in [6, 6.07) is 18.0. The molecule has 1 aromatic heterocycles. The second-order valence-corrected chi connectivity index (χ2v) is 6.27. The minimum atomic E-state index is -0.209. The minimum absolute atomic E-state index is 0.176. The van der Waals surface area contributed by atoms with E-state index in [1.54, 1.807) is 6.33 Å². The first kappa shape index (κ1) is 16.3. The molecule has 0 N–H and O–H groups in total. The Bertz CT molecular complexity index is 907. The summed E-state index contributed by atoms with van der Waals surface area (Å²) in [6.45, 7) is 1.39. The molecule has 0 aliphatic carbocycles. The van der Waals surface area contributed by atoms with Gasteiger partial charge in [0.1, 0.15) is 6.33 Å². The molecule has 0 saturated carbocycles. The molecule has 26 heavy (non-hydrogen) atoms. The SMILES string of the molecule is COC(=O)[C@@H]1CCN(Cc2ncnn2-c2ccccc2)c2ccccc21. The maximum atomic E-state index is 12.1. The molecule has 2 heterocycles. The topological polar surface area (TPSA) is 60.2 Å². The summed E-state index contributed by atoms with van der Waals surface area (Å²) in [5.74, 6) is 0.478. The number of anilines is 1. The molecule has 0 saturated heterocycles. The Morgan fingerprint density at radius 1 is 1.15 bits per heavy atom. The quantitative estimate of drug-likeness (QED) is 0.679. The smallest absolute Gasteiger partial charge is 0.313 e.